The Balaban J connectivity index is 0.00000133. The van der Waals surface area contributed by atoms with Crippen molar-refractivity contribution in [2.24, 2.45) is 11.8 Å². The first-order valence-electron chi connectivity index (χ1n) is 6.02. The summed E-state index contributed by atoms with van der Waals surface area (Å²) in [5.74, 6) is -0.689. The number of aliphatic hydroxyl groups is 1. The Morgan fingerprint density at radius 2 is 1.84 bits per heavy atom. The number of hydrogen-bond donors (Lipinski definition) is 1. The maximum Gasteiger partial charge on any atom is 2.00 e. The second-order valence-electron chi connectivity index (χ2n) is 4.78. The zero-order valence-electron chi connectivity index (χ0n) is 10.7. The van der Waals surface area contributed by atoms with Crippen LogP contribution in [-0.2, 0) is 30.6 Å². The van der Waals surface area contributed by atoms with Gasteiger partial charge in [0, 0.05) is 5.69 Å². The van der Waals surface area contributed by atoms with Crippen LogP contribution in [0.4, 0.5) is 5.69 Å². The van der Waals surface area contributed by atoms with Crippen LogP contribution < -0.4 is 4.90 Å². The molecule has 1 aromatic carbocycles. The molecule has 3 rings (SSSR count). The third kappa shape index (κ3) is 2.16. The second-order valence-corrected chi connectivity index (χ2v) is 4.78. The van der Waals surface area contributed by atoms with Crippen molar-refractivity contribution in [3.8, 4) is 0 Å². The number of amides is 1. The molecule has 0 bridgehead atoms. The molecule has 1 aromatic rings. The van der Waals surface area contributed by atoms with Crippen LogP contribution in [0.1, 0.15) is 13.8 Å². The van der Waals surface area contributed by atoms with Gasteiger partial charge in [-0.15, -0.1) is 5.92 Å². The third-order valence-corrected chi connectivity index (χ3v) is 3.71. The van der Waals surface area contributed by atoms with Crippen molar-refractivity contribution in [3.05, 3.63) is 42.5 Å². The second kappa shape index (κ2) is 5.35. The minimum absolute atomic E-state index is 0. The molecule has 4 nitrogen and oxygen atoms in total. The van der Waals surface area contributed by atoms with E-state index in [4.69, 9.17) is 4.74 Å². The van der Waals surface area contributed by atoms with Crippen LogP contribution >= 0.6 is 0 Å². The molecule has 1 N–H and O–H groups in total. The van der Waals surface area contributed by atoms with Crippen LogP contribution in [-0.4, -0.2) is 17.2 Å². The number of rotatable bonds is 1. The quantitative estimate of drug-likeness (QED) is 0.693. The number of benzene rings is 1. The first kappa shape index (κ1) is 14.7. The number of fused-ring (bicyclic) bond motifs is 1. The number of carbonyl (C=O) groups is 1. The number of hydrogen-bond acceptors (Lipinski definition) is 3. The van der Waals surface area contributed by atoms with E-state index in [1.54, 1.807) is 6.92 Å². The van der Waals surface area contributed by atoms with Crippen molar-refractivity contribution in [1.82, 2.24) is 0 Å². The summed E-state index contributed by atoms with van der Waals surface area (Å²) in [5.41, 5.74) is 0.727. The number of aliphatic hydroxyl groups excluding tert-OH is 1. The summed E-state index contributed by atoms with van der Waals surface area (Å²) in [6.45, 7) is 3.62. The van der Waals surface area contributed by atoms with Gasteiger partial charge in [-0.2, -0.15) is 13.8 Å². The topological polar surface area (TPSA) is 49.8 Å². The van der Waals surface area contributed by atoms with Crippen molar-refractivity contribution >= 4 is 11.6 Å². The molecule has 3 atom stereocenters. The van der Waals surface area contributed by atoms with Crippen molar-refractivity contribution in [2.75, 3.05) is 4.90 Å². The van der Waals surface area contributed by atoms with E-state index in [0.29, 0.717) is 6.10 Å². The molecular formula is C14H15NO3W. The van der Waals surface area contributed by atoms with E-state index in [1.807, 2.05) is 37.3 Å². The monoisotopic (exact) mass is 429 g/mol. The summed E-state index contributed by atoms with van der Waals surface area (Å²) in [6.07, 6.45) is 0.555. The van der Waals surface area contributed by atoms with Gasteiger partial charge in [-0.05, 0) is 12.1 Å². The smallest absolute Gasteiger partial charge is 0.708 e. The summed E-state index contributed by atoms with van der Waals surface area (Å²) in [7, 11) is 0. The molecule has 2 saturated heterocycles. The van der Waals surface area contributed by atoms with Crippen LogP contribution in [0.3, 0.4) is 0 Å². The Kier molecular flexibility index (Phi) is 4.14. The van der Waals surface area contributed by atoms with Gasteiger partial charge in [-0.25, -0.2) is 12.2 Å². The zero-order chi connectivity index (χ0) is 12.9. The Morgan fingerprint density at radius 1 is 1.21 bits per heavy atom. The van der Waals surface area contributed by atoms with E-state index in [1.165, 1.54) is 4.90 Å². The molecule has 0 aliphatic carbocycles. The largest absolute Gasteiger partial charge is 2.00 e. The number of para-hydroxylation sites is 1. The molecule has 19 heavy (non-hydrogen) atoms. The minimum Gasteiger partial charge on any atom is -0.708 e. The van der Waals surface area contributed by atoms with Crippen LogP contribution in [0.5, 0.6) is 0 Å². The van der Waals surface area contributed by atoms with Gasteiger partial charge in [0.25, 0.3) is 0 Å². The van der Waals surface area contributed by atoms with Crippen LogP contribution in [0.25, 0.3) is 0 Å². The number of carbonyl (C=O) groups excluding carboxylic acids is 1. The molecule has 0 aromatic heterocycles. The van der Waals surface area contributed by atoms with Crippen LogP contribution in [0.15, 0.2) is 30.3 Å². The molecule has 3 unspecified atom stereocenters. The Hall–Kier alpha value is -0.702. The summed E-state index contributed by atoms with van der Waals surface area (Å²) in [5, 5.41) is 10.4. The van der Waals surface area contributed by atoms with E-state index in [9.17, 15) is 9.90 Å². The first-order chi connectivity index (χ1) is 8.61. The Morgan fingerprint density at radius 3 is 2.42 bits per heavy atom. The van der Waals surface area contributed by atoms with Gasteiger partial charge in [0.05, 0.1) is 0 Å². The summed E-state index contributed by atoms with van der Waals surface area (Å²) in [4.78, 5) is 13.9. The molecule has 2 fully saturated rings. The molecule has 0 radical (unpaired) electrons. The maximum atomic E-state index is 12.4. The van der Waals surface area contributed by atoms with Crippen LogP contribution in [0, 0.1) is 24.0 Å². The predicted octanol–water partition coefficient (Wildman–Crippen LogP) is 1.72. The van der Waals surface area contributed by atoms with Crippen molar-refractivity contribution in [3.63, 3.8) is 0 Å². The fraction of sp³-hybridized carbons (Fsp3) is 0.357. The summed E-state index contributed by atoms with van der Waals surface area (Å²) in [6, 6.07) is 9.25. The van der Waals surface area contributed by atoms with E-state index in [2.05, 4.69) is 0 Å². The fourth-order valence-electron chi connectivity index (χ4n) is 2.89. The van der Waals surface area contributed by atoms with Crippen molar-refractivity contribution in [2.45, 2.75) is 20.1 Å². The van der Waals surface area contributed by atoms with Gasteiger partial charge < -0.3 is 9.84 Å². The van der Waals surface area contributed by atoms with Gasteiger partial charge in [0.1, 0.15) is 6.23 Å². The SMILES string of the molecule is C[C-]1O[C-](C)C2C1C(=O)N(c1ccccc1)C2O.[W+2]. The number of anilines is 1. The van der Waals surface area contributed by atoms with E-state index in [0.717, 1.165) is 11.8 Å². The molecule has 0 saturated carbocycles. The molecule has 2 aliphatic heterocycles. The molecular weight excluding hydrogens is 414 g/mol. The van der Waals surface area contributed by atoms with Crippen LogP contribution in [0.2, 0.25) is 0 Å². The standard InChI is InChI=1S/C14H15NO3.W/c1-8-11-12(9(2)18-8)14(17)15(13(11)16)10-6-4-3-5-7-10;/h3-7,11-13,16H,1-2H3;/q-2;+2. The molecule has 2 heterocycles. The van der Waals surface area contributed by atoms with Crippen molar-refractivity contribution in [1.29, 1.82) is 0 Å². The van der Waals surface area contributed by atoms with E-state index < -0.39 is 6.23 Å². The predicted molar refractivity (Wildman–Crippen MR) is 65.8 cm³/mol. The van der Waals surface area contributed by atoms with Gasteiger partial charge in [-0.3, -0.25) is 9.69 Å². The number of nitrogens with zero attached hydrogens (tertiary/aromatic N) is 1. The Bertz CT molecular complexity index is 467. The van der Waals surface area contributed by atoms with Gasteiger partial charge in [0.15, 0.2) is 0 Å². The average molecular weight is 429 g/mol. The first-order valence-corrected chi connectivity index (χ1v) is 6.02. The molecule has 1 amide bonds. The van der Waals surface area contributed by atoms with Gasteiger partial charge in [0.2, 0.25) is 5.91 Å². The molecule has 0 spiro atoms. The van der Waals surface area contributed by atoms with E-state index >= 15 is 0 Å². The Labute approximate surface area is 127 Å². The normalized spacial score (nSPS) is 31.4. The van der Waals surface area contributed by atoms with Gasteiger partial charge in [-0.1, -0.05) is 24.1 Å². The average Bonchev–Trinajstić information content (AvgIpc) is 2.79. The van der Waals surface area contributed by atoms with Gasteiger partial charge >= 0.3 is 21.1 Å². The summed E-state index contributed by atoms with van der Waals surface area (Å²) < 4.78 is 5.48. The third-order valence-electron chi connectivity index (χ3n) is 3.71. The molecule has 2 aliphatic rings. The minimum atomic E-state index is -0.845. The van der Waals surface area contributed by atoms with E-state index in [-0.39, 0.29) is 38.8 Å². The molecule has 5 heteroatoms. The molecule has 100 valence electrons. The fourth-order valence-corrected chi connectivity index (χ4v) is 2.89. The number of ether oxygens (including phenoxy) is 1. The summed E-state index contributed by atoms with van der Waals surface area (Å²) >= 11 is 0. The zero-order valence-corrected chi connectivity index (χ0v) is 13.7. The maximum absolute atomic E-state index is 12.4. The van der Waals surface area contributed by atoms with Crippen molar-refractivity contribution < 1.29 is 35.7 Å².